The molecule has 0 atom stereocenters. The molecule has 9 aromatic rings. The summed E-state index contributed by atoms with van der Waals surface area (Å²) in [5, 5.41) is 2.48. The summed E-state index contributed by atoms with van der Waals surface area (Å²) in [4.78, 5) is 2.38. The third-order valence-electron chi connectivity index (χ3n) is 12.7. The molecule has 0 N–H and O–H groups in total. The molecule has 9 aromatic carbocycles. The fourth-order valence-corrected chi connectivity index (χ4v) is 9.53. The van der Waals surface area contributed by atoms with Gasteiger partial charge in [0.1, 0.15) is 0 Å². The molecule has 10 rings (SSSR count). The van der Waals surface area contributed by atoms with Crippen LogP contribution in [0.15, 0.2) is 212 Å². The summed E-state index contributed by atoms with van der Waals surface area (Å²) < 4.78 is 0. The first-order valence-corrected chi connectivity index (χ1v) is 21.3. The zero-order chi connectivity index (χ0) is 40.5. The summed E-state index contributed by atoms with van der Waals surface area (Å²) in [6.45, 7) is 4.70. The van der Waals surface area contributed by atoms with E-state index in [1.807, 2.05) is 0 Å². The van der Waals surface area contributed by atoms with Crippen molar-refractivity contribution >= 4 is 40.0 Å². The summed E-state index contributed by atoms with van der Waals surface area (Å²) in [7, 11) is 0. The Morgan fingerprint density at radius 3 is 1.42 bits per heavy atom. The Kier molecular flexibility index (Phi) is 9.79. The van der Waals surface area contributed by atoms with Gasteiger partial charge >= 0.3 is 0 Å². The summed E-state index contributed by atoms with van der Waals surface area (Å²) in [5.41, 5.74) is 18.8. The van der Waals surface area contributed by atoms with Crippen LogP contribution in [-0.4, -0.2) is 0 Å². The summed E-state index contributed by atoms with van der Waals surface area (Å²) >= 11 is 0. The van der Waals surface area contributed by atoms with Crippen LogP contribution in [0.5, 0.6) is 0 Å². The highest BCUT2D eigenvalue weighted by Gasteiger charge is 2.41. The number of benzene rings is 9. The molecule has 0 heterocycles. The van der Waals surface area contributed by atoms with E-state index in [0.29, 0.717) is 0 Å². The SMILES string of the molecule is CCC1(CC)c2cc(C=Cc3ccc(-c4ccc5cc(-c6ccccc6)c(-c6ccccc6)cc5c4)cc3)ccc2-c2ccc(N(c3ccccc3)c3ccccc3)cc21. The highest BCUT2D eigenvalue weighted by molar-refractivity contribution is 5.98. The van der Waals surface area contributed by atoms with Gasteiger partial charge in [-0.1, -0.05) is 184 Å². The van der Waals surface area contributed by atoms with Gasteiger partial charge in [-0.3, -0.25) is 0 Å². The number of hydrogen-bond acceptors (Lipinski definition) is 1. The molecule has 1 aliphatic rings. The highest BCUT2D eigenvalue weighted by atomic mass is 15.1. The maximum atomic E-state index is 2.46. The summed E-state index contributed by atoms with van der Waals surface area (Å²) in [6, 6.07) is 77.6. The quantitative estimate of drug-likeness (QED) is 0.125. The van der Waals surface area contributed by atoms with Gasteiger partial charge in [0, 0.05) is 22.5 Å². The van der Waals surface area contributed by atoms with Gasteiger partial charge in [-0.25, -0.2) is 0 Å². The minimum absolute atomic E-state index is 0.0595. The van der Waals surface area contributed by atoms with Gasteiger partial charge in [-0.05, 0) is 145 Å². The Morgan fingerprint density at radius 1 is 0.350 bits per heavy atom. The lowest BCUT2D eigenvalue weighted by molar-refractivity contribution is 0.490. The molecule has 0 radical (unpaired) electrons. The molecule has 0 fully saturated rings. The fraction of sp³-hybridized carbons (Fsp3) is 0.0847. The second-order valence-corrected chi connectivity index (χ2v) is 16.0. The number of anilines is 3. The zero-order valence-electron chi connectivity index (χ0n) is 34.2. The first kappa shape index (κ1) is 37.1. The van der Waals surface area contributed by atoms with Crippen LogP contribution in [0.25, 0.3) is 67.4 Å². The van der Waals surface area contributed by atoms with Gasteiger partial charge < -0.3 is 4.90 Å². The van der Waals surface area contributed by atoms with E-state index in [0.717, 1.165) is 24.2 Å². The van der Waals surface area contributed by atoms with E-state index in [1.54, 1.807) is 0 Å². The van der Waals surface area contributed by atoms with Crippen LogP contribution >= 0.6 is 0 Å². The van der Waals surface area contributed by atoms with Crippen LogP contribution in [0, 0.1) is 0 Å². The smallest absolute Gasteiger partial charge is 0.0465 e. The van der Waals surface area contributed by atoms with E-state index in [2.05, 4.69) is 243 Å². The predicted octanol–water partition coefficient (Wildman–Crippen LogP) is 16.6. The molecule has 60 heavy (non-hydrogen) atoms. The average Bonchev–Trinajstić information content (AvgIpc) is 3.60. The molecule has 0 aliphatic heterocycles. The van der Waals surface area contributed by atoms with E-state index in [9.17, 15) is 0 Å². The topological polar surface area (TPSA) is 3.24 Å². The van der Waals surface area contributed by atoms with Gasteiger partial charge in [0.25, 0.3) is 0 Å². The lowest BCUT2D eigenvalue weighted by Gasteiger charge is -2.32. The van der Waals surface area contributed by atoms with Crippen molar-refractivity contribution in [3.63, 3.8) is 0 Å². The van der Waals surface area contributed by atoms with Crippen molar-refractivity contribution in [1.82, 2.24) is 0 Å². The van der Waals surface area contributed by atoms with Crippen LogP contribution in [0.3, 0.4) is 0 Å². The highest BCUT2D eigenvalue weighted by Crippen LogP contribution is 2.54. The molecular weight excluding hydrogens is 723 g/mol. The molecule has 288 valence electrons. The molecule has 0 saturated heterocycles. The molecule has 1 heteroatoms. The molecule has 0 spiro atoms. The Morgan fingerprint density at radius 2 is 0.833 bits per heavy atom. The minimum Gasteiger partial charge on any atom is -0.310 e. The molecule has 1 aliphatic carbocycles. The summed E-state index contributed by atoms with van der Waals surface area (Å²) in [5.74, 6) is 0. The predicted molar refractivity (Wildman–Crippen MR) is 257 cm³/mol. The first-order valence-electron chi connectivity index (χ1n) is 21.3. The largest absolute Gasteiger partial charge is 0.310 e. The Balaban J connectivity index is 0.933. The third kappa shape index (κ3) is 6.73. The van der Waals surface area contributed by atoms with Crippen LogP contribution in [-0.2, 0) is 5.41 Å². The molecule has 1 nitrogen and oxygen atoms in total. The second-order valence-electron chi connectivity index (χ2n) is 16.0. The molecule has 0 unspecified atom stereocenters. The van der Waals surface area contributed by atoms with E-state index < -0.39 is 0 Å². The molecular formula is C59H47N. The molecule has 0 aromatic heterocycles. The van der Waals surface area contributed by atoms with Crippen molar-refractivity contribution in [2.24, 2.45) is 0 Å². The Labute approximate surface area is 354 Å². The maximum Gasteiger partial charge on any atom is 0.0465 e. The lowest BCUT2D eigenvalue weighted by atomic mass is 9.73. The van der Waals surface area contributed by atoms with E-state index in [-0.39, 0.29) is 5.41 Å². The number of fused-ring (bicyclic) bond motifs is 4. The van der Waals surface area contributed by atoms with Gasteiger partial charge in [0.2, 0.25) is 0 Å². The van der Waals surface area contributed by atoms with Crippen LogP contribution < -0.4 is 4.90 Å². The lowest BCUT2D eigenvalue weighted by Crippen LogP contribution is -2.23. The third-order valence-corrected chi connectivity index (χ3v) is 12.7. The zero-order valence-corrected chi connectivity index (χ0v) is 34.2. The first-order chi connectivity index (χ1) is 29.6. The fourth-order valence-electron chi connectivity index (χ4n) is 9.53. The van der Waals surface area contributed by atoms with Crippen molar-refractivity contribution < 1.29 is 0 Å². The molecule has 0 saturated carbocycles. The van der Waals surface area contributed by atoms with Crippen molar-refractivity contribution in [1.29, 1.82) is 0 Å². The van der Waals surface area contributed by atoms with Crippen molar-refractivity contribution in [2.75, 3.05) is 4.90 Å². The number of para-hydroxylation sites is 2. The summed E-state index contributed by atoms with van der Waals surface area (Å²) in [6.07, 6.45) is 6.60. The van der Waals surface area contributed by atoms with Crippen molar-refractivity contribution in [3.8, 4) is 44.5 Å². The van der Waals surface area contributed by atoms with Crippen LogP contribution in [0.1, 0.15) is 48.9 Å². The minimum atomic E-state index is -0.0595. The van der Waals surface area contributed by atoms with Crippen LogP contribution in [0.2, 0.25) is 0 Å². The van der Waals surface area contributed by atoms with E-state index in [1.165, 1.54) is 83.2 Å². The van der Waals surface area contributed by atoms with Gasteiger partial charge in [0.15, 0.2) is 0 Å². The van der Waals surface area contributed by atoms with Gasteiger partial charge in [-0.15, -0.1) is 0 Å². The number of nitrogens with zero attached hydrogens (tertiary/aromatic N) is 1. The van der Waals surface area contributed by atoms with E-state index >= 15 is 0 Å². The normalized spacial score (nSPS) is 12.7. The standard InChI is InChI=1S/C59H47N/c1-3-59(4-2)57-37-43(29-35-53(57)54-36-34-52(41-58(54)59)60(50-21-13-7-14-22-50)51-23-15-8-16-24-51)26-25-42-27-30-44(31-28-42)47-32-33-48-39-55(45-17-9-5-10-18-45)56(40-49(48)38-47)46-19-11-6-12-20-46/h5-41H,3-4H2,1-2H3. The number of rotatable bonds is 10. The van der Waals surface area contributed by atoms with Crippen molar-refractivity contribution in [2.45, 2.75) is 32.1 Å². The maximum absolute atomic E-state index is 2.46. The van der Waals surface area contributed by atoms with E-state index in [4.69, 9.17) is 0 Å². The Bertz CT molecular complexity index is 2920. The average molecular weight is 770 g/mol. The van der Waals surface area contributed by atoms with Crippen LogP contribution in [0.4, 0.5) is 17.1 Å². The van der Waals surface area contributed by atoms with Gasteiger partial charge in [0.05, 0.1) is 0 Å². The monoisotopic (exact) mass is 769 g/mol. The second kappa shape index (κ2) is 15.9. The molecule has 0 bridgehead atoms. The Hall–Kier alpha value is -7.22. The van der Waals surface area contributed by atoms with Crippen molar-refractivity contribution in [3.05, 3.63) is 235 Å². The number of hydrogen-bond donors (Lipinski definition) is 0. The molecule has 0 amide bonds. The van der Waals surface area contributed by atoms with Gasteiger partial charge in [-0.2, -0.15) is 0 Å².